The first-order valence-electron chi connectivity index (χ1n) is 4.94. The van der Waals surface area contributed by atoms with Gasteiger partial charge in [0.25, 0.3) is 5.28 Å². The summed E-state index contributed by atoms with van der Waals surface area (Å²) in [5, 5.41) is 2.39. The van der Waals surface area contributed by atoms with Gasteiger partial charge in [0.2, 0.25) is 0 Å². The molecule has 0 radical (unpaired) electrons. The molecule has 1 aromatic heterocycles. The predicted octanol–water partition coefficient (Wildman–Crippen LogP) is 1.16. The Morgan fingerprint density at radius 2 is 2.29 bits per heavy atom. The van der Waals surface area contributed by atoms with Crippen molar-refractivity contribution in [1.29, 1.82) is 0 Å². The van der Waals surface area contributed by atoms with E-state index >= 15 is 0 Å². The summed E-state index contributed by atoms with van der Waals surface area (Å²) in [6, 6.07) is 4.99. The highest BCUT2D eigenvalue weighted by molar-refractivity contribution is 6.28. The molecule has 2 rings (SSSR count). The highest BCUT2D eigenvalue weighted by atomic mass is 35.5. The highest BCUT2D eigenvalue weighted by Gasteiger charge is 2.11. The molecule has 0 bridgehead atoms. The van der Waals surface area contributed by atoms with Crippen LogP contribution in [0.15, 0.2) is 18.2 Å². The first-order chi connectivity index (χ1) is 8.20. The molecule has 0 saturated heterocycles. The fourth-order valence-electron chi connectivity index (χ4n) is 1.37. The van der Waals surface area contributed by atoms with Crippen molar-refractivity contribution in [3.8, 4) is 5.75 Å². The van der Waals surface area contributed by atoms with E-state index in [0.717, 1.165) is 0 Å². The summed E-state index contributed by atoms with van der Waals surface area (Å²) in [7, 11) is 1.59. The number of fused-ring (bicyclic) bond motifs is 1. The fraction of sp³-hybridized carbons (Fsp3) is 0.300. The molecular formula is C10H11ClN3O3+. The van der Waals surface area contributed by atoms with Crippen molar-refractivity contribution in [1.82, 2.24) is 10.1 Å². The lowest BCUT2D eigenvalue weighted by atomic mass is 10.3. The first-order valence-corrected chi connectivity index (χ1v) is 5.32. The maximum atomic E-state index is 11.5. The van der Waals surface area contributed by atoms with E-state index in [-0.39, 0.29) is 5.28 Å². The third-order valence-corrected chi connectivity index (χ3v) is 2.30. The molecule has 0 fully saturated rings. The molecule has 0 aliphatic heterocycles. The van der Waals surface area contributed by atoms with Crippen LogP contribution >= 0.6 is 11.6 Å². The zero-order valence-electron chi connectivity index (χ0n) is 9.14. The van der Waals surface area contributed by atoms with Gasteiger partial charge < -0.3 is 9.47 Å². The molecular weight excluding hydrogens is 246 g/mol. The molecule has 1 heterocycles. The van der Waals surface area contributed by atoms with Crippen LogP contribution < -0.4 is 9.28 Å². The number of benzene rings is 1. The van der Waals surface area contributed by atoms with Gasteiger partial charge in [0.1, 0.15) is 17.9 Å². The minimum Gasteiger partial charge on any atom is -0.491 e. The van der Waals surface area contributed by atoms with E-state index < -0.39 is 0 Å². The van der Waals surface area contributed by atoms with E-state index in [4.69, 9.17) is 21.1 Å². The molecule has 7 heteroatoms. The Bertz CT molecular complexity index is 585. The van der Waals surface area contributed by atoms with Crippen molar-refractivity contribution in [3.63, 3.8) is 0 Å². The van der Waals surface area contributed by atoms with Gasteiger partial charge in [-0.2, -0.15) is 0 Å². The normalized spacial score (nSPS) is 10.7. The maximum absolute atomic E-state index is 11.5. The lowest BCUT2D eigenvalue weighted by Gasteiger charge is -2.03. The number of aromatic nitrogens is 3. The number of methoxy groups -OCH3 is 1. The lowest BCUT2D eigenvalue weighted by molar-refractivity contribution is -0.536. The molecule has 17 heavy (non-hydrogen) atoms. The Balaban J connectivity index is 2.33. The molecule has 0 saturated carbocycles. The summed E-state index contributed by atoms with van der Waals surface area (Å²) >= 11 is 5.63. The minimum absolute atomic E-state index is 0.0422. The average molecular weight is 257 g/mol. The summed E-state index contributed by atoms with van der Waals surface area (Å²) in [5.41, 5.74) is 0.868. The van der Waals surface area contributed by atoms with E-state index in [1.54, 1.807) is 25.3 Å². The molecule has 0 aliphatic rings. The number of nitrogens with one attached hydrogen (secondary N) is 1. The van der Waals surface area contributed by atoms with E-state index in [2.05, 4.69) is 10.1 Å². The molecule has 0 amide bonds. The Labute approximate surface area is 102 Å². The van der Waals surface area contributed by atoms with Gasteiger partial charge in [-0.3, -0.25) is 0 Å². The van der Waals surface area contributed by atoms with Gasteiger partial charge in [-0.15, -0.1) is 0 Å². The van der Waals surface area contributed by atoms with Crippen LogP contribution in [0.2, 0.25) is 5.28 Å². The number of hydrogen-bond acceptors (Lipinski definition) is 4. The summed E-state index contributed by atoms with van der Waals surface area (Å²) in [6.07, 6.45) is 0. The van der Waals surface area contributed by atoms with Crippen LogP contribution in [0.4, 0.5) is 0 Å². The van der Waals surface area contributed by atoms with Crippen LogP contribution in [0.1, 0.15) is 0 Å². The summed E-state index contributed by atoms with van der Waals surface area (Å²) in [4.78, 5) is 15.5. The third-order valence-electron chi connectivity index (χ3n) is 2.13. The Hall–Kier alpha value is -1.66. The molecule has 0 unspecified atom stereocenters. The van der Waals surface area contributed by atoms with Crippen molar-refractivity contribution in [2.24, 2.45) is 0 Å². The molecule has 0 atom stereocenters. The van der Waals surface area contributed by atoms with Gasteiger partial charge in [-0.25, -0.2) is 4.98 Å². The number of rotatable bonds is 4. The molecule has 2 aromatic rings. The average Bonchev–Trinajstić information content (AvgIpc) is 2.30. The topological polar surface area (TPSA) is 70.1 Å². The van der Waals surface area contributed by atoms with Gasteiger partial charge in [-0.1, -0.05) is 5.10 Å². The zero-order chi connectivity index (χ0) is 12.3. The number of aromatic amines is 1. The monoisotopic (exact) mass is 256 g/mol. The van der Waals surface area contributed by atoms with Crippen molar-refractivity contribution in [2.45, 2.75) is 0 Å². The van der Waals surface area contributed by atoms with Crippen LogP contribution in [-0.2, 0) is 4.74 Å². The molecule has 6 nitrogen and oxygen atoms in total. The standard InChI is InChI=1S/C10H11ClN3O3/c1-16-4-5-17-7-2-3-8-9(6-7)14(15)13-10(11)12-8/h2-3,6H,4-5H2,1H3,(H,12,13,15)/q+1. The zero-order valence-corrected chi connectivity index (χ0v) is 9.90. The Kier molecular flexibility index (Phi) is 3.55. The molecule has 1 N–H and O–H groups in total. The van der Waals surface area contributed by atoms with Gasteiger partial charge in [0, 0.05) is 7.11 Å². The van der Waals surface area contributed by atoms with Crippen LogP contribution in [0.3, 0.4) is 0 Å². The van der Waals surface area contributed by atoms with Crippen LogP contribution in [0, 0.1) is 4.91 Å². The van der Waals surface area contributed by atoms with Crippen LogP contribution in [0.25, 0.3) is 11.0 Å². The molecule has 0 spiro atoms. The molecule has 1 aromatic carbocycles. The smallest absolute Gasteiger partial charge is 0.321 e. The third kappa shape index (κ3) is 2.72. The predicted molar refractivity (Wildman–Crippen MR) is 61.8 cm³/mol. The highest BCUT2D eigenvalue weighted by Crippen LogP contribution is 2.16. The summed E-state index contributed by atoms with van der Waals surface area (Å²) in [6.45, 7) is 0.909. The molecule has 0 aliphatic carbocycles. The van der Waals surface area contributed by atoms with E-state index in [1.165, 1.54) is 0 Å². The number of nitrogens with zero attached hydrogens (tertiary/aromatic N) is 2. The van der Waals surface area contributed by atoms with Crippen molar-refractivity contribution >= 4 is 22.6 Å². The first kappa shape index (κ1) is 11.8. The minimum atomic E-state index is 0.0422. The second-order valence-corrected chi connectivity index (χ2v) is 3.66. The van der Waals surface area contributed by atoms with Crippen molar-refractivity contribution in [3.05, 3.63) is 28.4 Å². The fourth-order valence-corrected chi connectivity index (χ4v) is 1.54. The second kappa shape index (κ2) is 5.11. The van der Waals surface area contributed by atoms with Crippen molar-refractivity contribution < 1.29 is 14.0 Å². The van der Waals surface area contributed by atoms with Gasteiger partial charge in [0.15, 0.2) is 4.54 Å². The second-order valence-electron chi connectivity index (χ2n) is 3.30. The maximum Gasteiger partial charge on any atom is 0.321 e. The summed E-state index contributed by atoms with van der Waals surface area (Å²) in [5.74, 6) is 0.580. The van der Waals surface area contributed by atoms with Crippen LogP contribution in [-0.4, -0.2) is 30.4 Å². The number of hydrogen-bond donors (Lipinski definition) is 1. The SMILES string of the molecule is COCCOc1ccc2nc(Cl)[nH][n+](=O)c2c1. The van der Waals surface area contributed by atoms with Crippen LogP contribution in [0.5, 0.6) is 5.75 Å². The lowest BCUT2D eigenvalue weighted by Crippen LogP contribution is -2.21. The Morgan fingerprint density at radius 1 is 1.47 bits per heavy atom. The summed E-state index contributed by atoms with van der Waals surface area (Å²) < 4.78 is 10.8. The van der Waals surface area contributed by atoms with E-state index in [9.17, 15) is 4.91 Å². The van der Waals surface area contributed by atoms with Gasteiger partial charge in [-0.05, 0) is 23.7 Å². The Morgan fingerprint density at radius 3 is 3.06 bits per heavy atom. The molecule has 90 valence electrons. The van der Waals surface area contributed by atoms with E-state index in [0.29, 0.717) is 34.5 Å². The number of halogens is 1. The number of H-pyrrole nitrogens is 1. The van der Waals surface area contributed by atoms with Gasteiger partial charge >= 0.3 is 5.52 Å². The van der Waals surface area contributed by atoms with E-state index in [1.807, 2.05) is 0 Å². The quantitative estimate of drug-likeness (QED) is 0.658. The largest absolute Gasteiger partial charge is 0.491 e. The van der Waals surface area contributed by atoms with Crippen molar-refractivity contribution in [2.75, 3.05) is 20.3 Å². The number of ether oxygens (including phenoxy) is 2. The van der Waals surface area contributed by atoms with Gasteiger partial charge in [0.05, 0.1) is 17.6 Å².